The van der Waals surface area contributed by atoms with E-state index in [0.29, 0.717) is 19.1 Å². The summed E-state index contributed by atoms with van der Waals surface area (Å²) in [6.07, 6.45) is 4.42. The Labute approximate surface area is 97.6 Å². The van der Waals surface area contributed by atoms with Crippen LogP contribution in [0.25, 0.3) is 0 Å². The Kier molecular flexibility index (Phi) is 6.96. The van der Waals surface area contributed by atoms with Crippen molar-refractivity contribution in [1.29, 1.82) is 0 Å². The Balaban J connectivity index is 2.17. The van der Waals surface area contributed by atoms with Crippen molar-refractivity contribution in [1.82, 2.24) is 0 Å². The average Bonchev–Trinajstić information content (AvgIpc) is 2.33. The van der Waals surface area contributed by atoms with Crippen LogP contribution < -0.4 is 0 Å². The summed E-state index contributed by atoms with van der Waals surface area (Å²) in [6, 6.07) is 0. The lowest BCUT2D eigenvalue weighted by atomic mass is 10.0. The first-order chi connectivity index (χ1) is 7.81. The summed E-state index contributed by atoms with van der Waals surface area (Å²) >= 11 is 0. The third-order valence-corrected chi connectivity index (χ3v) is 3.06. The van der Waals surface area contributed by atoms with Gasteiger partial charge >= 0.3 is 0 Å². The predicted molar refractivity (Wildman–Crippen MR) is 61.0 cm³/mol. The molecule has 0 saturated carbocycles. The molecule has 0 bridgehead atoms. The lowest BCUT2D eigenvalue weighted by Gasteiger charge is -2.32. The maximum Gasteiger partial charge on any atom is 0.164 e. The number of unbranched alkanes of at least 4 members (excludes halogenated alkanes) is 2. The molecule has 0 aliphatic carbocycles. The van der Waals surface area contributed by atoms with E-state index >= 15 is 0 Å². The largest absolute Gasteiger partial charge is 0.396 e. The van der Waals surface area contributed by atoms with E-state index in [4.69, 9.17) is 19.7 Å². The molecule has 0 radical (unpaired) electrons. The van der Waals surface area contributed by atoms with Crippen LogP contribution in [-0.2, 0) is 9.47 Å². The minimum Gasteiger partial charge on any atom is -0.396 e. The zero-order valence-corrected chi connectivity index (χ0v) is 10.1. The third kappa shape index (κ3) is 4.37. The van der Waals surface area contributed by atoms with Crippen LogP contribution in [0.5, 0.6) is 0 Å². The van der Waals surface area contributed by atoms with Gasteiger partial charge in [0.15, 0.2) is 6.29 Å². The summed E-state index contributed by atoms with van der Waals surface area (Å²) in [6.45, 7) is 3.37. The number of hydrogen-bond donors (Lipinski definition) is 2. The van der Waals surface area contributed by atoms with Crippen LogP contribution in [0.2, 0.25) is 0 Å². The van der Waals surface area contributed by atoms with E-state index in [-0.39, 0.29) is 19.1 Å². The first-order valence-corrected chi connectivity index (χ1v) is 6.26. The van der Waals surface area contributed by atoms with Crippen molar-refractivity contribution in [2.24, 2.45) is 11.8 Å². The lowest BCUT2D eigenvalue weighted by Crippen LogP contribution is -2.39. The van der Waals surface area contributed by atoms with Gasteiger partial charge in [-0.25, -0.2) is 0 Å². The number of ether oxygens (including phenoxy) is 2. The van der Waals surface area contributed by atoms with Crippen LogP contribution in [0.4, 0.5) is 0 Å². The van der Waals surface area contributed by atoms with Crippen LogP contribution in [0.15, 0.2) is 0 Å². The van der Waals surface area contributed by atoms with Gasteiger partial charge in [0.05, 0.1) is 32.3 Å². The molecular formula is C12H24O4. The highest BCUT2D eigenvalue weighted by molar-refractivity contribution is 4.68. The van der Waals surface area contributed by atoms with E-state index in [0.717, 1.165) is 6.42 Å². The molecule has 0 aromatic rings. The number of rotatable bonds is 7. The first kappa shape index (κ1) is 13.9. The second-order valence-electron chi connectivity index (χ2n) is 4.52. The second-order valence-corrected chi connectivity index (χ2v) is 4.52. The molecule has 0 atom stereocenters. The van der Waals surface area contributed by atoms with Gasteiger partial charge in [-0.3, -0.25) is 0 Å². The van der Waals surface area contributed by atoms with Crippen molar-refractivity contribution in [3.63, 3.8) is 0 Å². The molecule has 4 heteroatoms. The van der Waals surface area contributed by atoms with Crippen molar-refractivity contribution in [3.05, 3.63) is 0 Å². The number of hydrogen-bond acceptors (Lipinski definition) is 4. The van der Waals surface area contributed by atoms with Crippen molar-refractivity contribution in [3.8, 4) is 0 Å². The maximum absolute atomic E-state index is 9.00. The smallest absolute Gasteiger partial charge is 0.164 e. The van der Waals surface area contributed by atoms with Gasteiger partial charge in [-0.1, -0.05) is 26.2 Å². The first-order valence-electron chi connectivity index (χ1n) is 6.26. The fraction of sp³-hybridized carbons (Fsp3) is 1.00. The molecular weight excluding hydrogens is 208 g/mol. The average molecular weight is 232 g/mol. The van der Waals surface area contributed by atoms with Gasteiger partial charge in [-0.2, -0.15) is 0 Å². The molecule has 0 amide bonds. The van der Waals surface area contributed by atoms with Gasteiger partial charge in [-0.15, -0.1) is 0 Å². The summed E-state index contributed by atoms with van der Waals surface area (Å²) in [5.41, 5.74) is 0. The van der Waals surface area contributed by atoms with Gasteiger partial charge in [0, 0.05) is 5.92 Å². The van der Waals surface area contributed by atoms with Crippen molar-refractivity contribution in [2.45, 2.75) is 38.9 Å². The highest BCUT2D eigenvalue weighted by Crippen LogP contribution is 2.21. The molecule has 1 saturated heterocycles. The normalized spacial score (nSPS) is 26.2. The molecule has 0 unspecified atom stereocenters. The molecule has 1 aliphatic rings. The minimum absolute atomic E-state index is 0.0956. The highest BCUT2D eigenvalue weighted by atomic mass is 16.7. The van der Waals surface area contributed by atoms with E-state index in [1.807, 2.05) is 0 Å². The molecule has 1 heterocycles. The van der Waals surface area contributed by atoms with Crippen LogP contribution in [0.3, 0.4) is 0 Å². The Morgan fingerprint density at radius 1 is 1.12 bits per heavy atom. The van der Waals surface area contributed by atoms with E-state index in [2.05, 4.69) is 6.92 Å². The Morgan fingerprint density at radius 3 is 2.25 bits per heavy atom. The predicted octanol–water partition coefficient (Wildman–Crippen LogP) is 1.16. The van der Waals surface area contributed by atoms with Crippen molar-refractivity contribution >= 4 is 0 Å². The quantitative estimate of drug-likeness (QED) is 0.647. The summed E-state index contributed by atoms with van der Waals surface area (Å²) in [4.78, 5) is 0. The maximum atomic E-state index is 9.00. The highest BCUT2D eigenvalue weighted by Gasteiger charge is 2.28. The molecule has 0 aromatic heterocycles. The Hall–Kier alpha value is -0.160. The Bertz CT molecular complexity index is 162. The topological polar surface area (TPSA) is 58.9 Å². The SMILES string of the molecule is CCCCCC1COC(C(CO)CO)OC1. The summed E-state index contributed by atoms with van der Waals surface area (Å²) in [5.74, 6) is 0.164. The summed E-state index contributed by atoms with van der Waals surface area (Å²) < 4.78 is 11.0. The molecule has 0 spiro atoms. The van der Waals surface area contributed by atoms with Crippen LogP contribution in [0, 0.1) is 11.8 Å². The van der Waals surface area contributed by atoms with Gasteiger partial charge in [0.2, 0.25) is 0 Å². The lowest BCUT2D eigenvalue weighted by molar-refractivity contribution is -0.234. The fourth-order valence-electron chi connectivity index (χ4n) is 1.91. The van der Waals surface area contributed by atoms with Crippen LogP contribution in [0.1, 0.15) is 32.6 Å². The molecule has 2 N–H and O–H groups in total. The van der Waals surface area contributed by atoms with Gasteiger partial charge in [0.25, 0.3) is 0 Å². The zero-order valence-electron chi connectivity index (χ0n) is 10.1. The molecule has 16 heavy (non-hydrogen) atoms. The van der Waals surface area contributed by atoms with Crippen LogP contribution >= 0.6 is 0 Å². The van der Waals surface area contributed by atoms with Crippen LogP contribution in [-0.4, -0.2) is 42.9 Å². The van der Waals surface area contributed by atoms with E-state index in [1.165, 1.54) is 19.3 Å². The molecule has 0 aromatic carbocycles. The second kappa shape index (κ2) is 8.01. The molecule has 1 aliphatic heterocycles. The van der Waals surface area contributed by atoms with Gasteiger partial charge in [-0.05, 0) is 6.42 Å². The zero-order chi connectivity index (χ0) is 11.8. The number of aliphatic hydroxyl groups is 2. The van der Waals surface area contributed by atoms with Gasteiger partial charge in [0.1, 0.15) is 0 Å². The van der Waals surface area contributed by atoms with E-state index in [1.54, 1.807) is 0 Å². The minimum atomic E-state index is -0.433. The summed E-state index contributed by atoms with van der Waals surface area (Å²) in [5, 5.41) is 18.0. The Morgan fingerprint density at radius 2 is 1.75 bits per heavy atom. The standard InChI is InChI=1S/C12H24O4/c1-2-3-4-5-10-8-15-12(16-9-10)11(6-13)7-14/h10-14H,2-9H2,1H3. The van der Waals surface area contributed by atoms with Crippen molar-refractivity contribution < 1.29 is 19.7 Å². The van der Waals surface area contributed by atoms with E-state index < -0.39 is 6.29 Å². The third-order valence-electron chi connectivity index (χ3n) is 3.06. The summed E-state index contributed by atoms with van der Waals surface area (Å²) in [7, 11) is 0. The van der Waals surface area contributed by atoms with E-state index in [9.17, 15) is 0 Å². The molecule has 4 nitrogen and oxygen atoms in total. The van der Waals surface area contributed by atoms with Crippen molar-refractivity contribution in [2.75, 3.05) is 26.4 Å². The molecule has 1 rings (SSSR count). The molecule has 96 valence electrons. The number of aliphatic hydroxyl groups excluding tert-OH is 2. The fourth-order valence-corrected chi connectivity index (χ4v) is 1.91. The monoisotopic (exact) mass is 232 g/mol. The van der Waals surface area contributed by atoms with Gasteiger partial charge < -0.3 is 19.7 Å². The molecule has 1 fully saturated rings.